The van der Waals surface area contributed by atoms with Crippen LogP contribution >= 0.6 is 0 Å². The van der Waals surface area contributed by atoms with E-state index in [4.69, 9.17) is 9.47 Å². The number of ketones is 1. The van der Waals surface area contributed by atoms with Gasteiger partial charge in [-0.2, -0.15) is 0 Å². The number of ether oxygens (including phenoxy) is 2. The molecule has 2 heterocycles. The summed E-state index contributed by atoms with van der Waals surface area (Å²) in [5.74, 6) is 1.78. The summed E-state index contributed by atoms with van der Waals surface area (Å²) in [6.45, 7) is 9.82. The first-order valence-electron chi connectivity index (χ1n) is 16.2. The molecule has 44 heavy (non-hydrogen) atoms. The molecule has 4 aliphatic rings. The minimum atomic E-state index is -0.784. The number of carbonyl (C=O) groups is 3. The SMILES string of the molecule is COc1ccc2nc(CCCCC[C@H]3C(OC(=O)N[C@H](C(=O)N4CC[C@@H](C)[C@H]4C(C)=O)C(C)(C)C)[C@H]4C[C@@H]3C4)c(O)nc2c1. The Bertz CT molecular complexity index is 1380. The fourth-order valence-electron chi connectivity index (χ4n) is 7.64. The summed E-state index contributed by atoms with van der Waals surface area (Å²) in [6, 6.07) is 4.21. The molecule has 1 aliphatic heterocycles. The van der Waals surface area contributed by atoms with Gasteiger partial charge in [-0.05, 0) is 86.7 Å². The number of hydrogen-bond donors (Lipinski definition) is 2. The Morgan fingerprint density at radius 2 is 1.84 bits per heavy atom. The van der Waals surface area contributed by atoms with Crippen molar-refractivity contribution in [2.45, 2.75) is 104 Å². The number of amides is 2. The van der Waals surface area contributed by atoms with E-state index >= 15 is 0 Å². The molecule has 2 N–H and O–H groups in total. The van der Waals surface area contributed by atoms with Crippen molar-refractivity contribution in [3.8, 4) is 11.6 Å². The van der Waals surface area contributed by atoms with Crippen LogP contribution in [-0.4, -0.2) is 69.6 Å². The summed E-state index contributed by atoms with van der Waals surface area (Å²) in [5.41, 5.74) is 1.39. The van der Waals surface area contributed by atoms with E-state index in [1.807, 2.05) is 39.8 Å². The molecular formula is C34H48N4O6. The number of methoxy groups -OCH3 is 1. The average molecular weight is 609 g/mol. The summed E-state index contributed by atoms with van der Waals surface area (Å²) in [4.78, 5) is 49.8. The summed E-state index contributed by atoms with van der Waals surface area (Å²) in [7, 11) is 1.59. The second-order valence-corrected chi connectivity index (χ2v) is 14.3. The van der Waals surface area contributed by atoms with Gasteiger partial charge in [0.2, 0.25) is 11.8 Å². The van der Waals surface area contributed by atoms with Gasteiger partial charge < -0.3 is 24.8 Å². The number of benzene rings is 1. The quantitative estimate of drug-likeness (QED) is 0.323. The van der Waals surface area contributed by atoms with Crippen LogP contribution in [0.5, 0.6) is 11.6 Å². The molecule has 0 spiro atoms. The maximum absolute atomic E-state index is 13.7. The lowest BCUT2D eigenvalue weighted by Gasteiger charge is -2.36. The molecule has 1 unspecified atom stereocenters. The highest BCUT2D eigenvalue weighted by molar-refractivity contribution is 5.92. The lowest BCUT2D eigenvalue weighted by Crippen LogP contribution is -2.57. The predicted molar refractivity (Wildman–Crippen MR) is 166 cm³/mol. The van der Waals surface area contributed by atoms with Crippen LogP contribution in [0.25, 0.3) is 11.0 Å². The monoisotopic (exact) mass is 608 g/mol. The van der Waals surface area contributed by atoms with E-state index in [0.29, 0.717) is 47.7 Å². The van der Waals surface area contributed by atoms with Crippen LogP contribution in [0, 0.1) is 29.1 Å². The molecule has 2 amide bonds. The molecule has 240 valence electrons. The summed E-state index contributed by atoms with van der Waals surface area (Å²) in [6.07, 6.45) is 6.72. The summed E-state index contributed by atoms with van der Waals surface area (Å²) >= 11 is 0. The zero-order valence-corrected chi connectivity index (χ0v) is 27.0. The van der Waals surface area contributed by atoms with Crippen molar-refractivity contribution in [3.63, 3.8) is 0 Å². The molecule has 0 radical (unpaired) electrons. The number of alkyl carbamates (subject to hydrolysis) is 1. The zero-order chi connectivity index (χ0) is 31.8. The van der Waals surface area contributed by atoms with Crippen molar-refractivity contribution in [2.75, 3.05) is 13.7 Å². The van der Waals surface area contributed by atoms with Gasteiger partial charge in [-0.3, -0.25) is 9.59 Å². The molecule has 5 atom stereocenters. The van der Waals surface area contributed by atoms with Gasteiger partial charge in [-0.15, -0.1) is 0 Å². The fraction of sp³-hybridized carbons (Fsp3) is 0.676. The highest BCUT2D eigenvalue weighted by atomic mass is 16.6. The fourth-order valence-corrected chi connectivity index (χ4v) is 7.64. The number of likely N-dealkylation sites (tertiary alicyclic amines) is 1. The summed E-state index contributed by atoms with van der Waals surface area (Å²) in [5, 5.41) is 13.3. The molecule has 1 saturated heterocycles. The maximum Gasteiger partial charge on any atom is 0.408 e. The van der Waals surface area contributed by atoms with E-state index in [-0.39, 0.29) is 29.6 Å². The smallest absolute Gasteiger partial charge is 0.408 e. The lowest BCUT2D eigenvalue weighted by molar-refractivity contribution is -0.141. The van der Waals surface area contributed by atoms with Gasteiger partial charge in [0.1, 0.15) is 23.6 Å². The average Bonchev–Trinajstić information content (AvgIpc) is 3.59. The second kappa shape index (κ2) is 12.9. The van der Waals surface area contributed by atoms with E-state index < -0.39 is 23.6 Å². The number of nitrogens with one attached hydrogen (secondary N) is 1. The number of aromatic nitrogens is 2. The Morgan fingerprint density at radius 3 is 2.52 bits per heavy atom. The van der Waals surface area contributed by atoms with Crippen LogP contribution in [0.1, 0.15) is 85.3 Å². The Labute approximate surface area is 260 Å². The van der Waals surface area contributed by atoms with Crippen molar-refractivity contribution in [1.82, 2.24) is 20.2 Å². The number of aromatic hydroxyl groups is 1. The van der Waals surface area contributed by atoms with E-state index in [2.05, 4.69) is 15.3 Å². The minimum absolute atomic E-state index is 0.0183. The second-order valence-electron chi connectivity index (χ2n) is 14.3. The Balaban J connectivity index is 1.13. The molecule has 1 aromatic carbocycles. The van der Waals surface area contributed by atoms with Crippen molar-refractivity contribution in [2.24, 2.45) is 29.1 Å². The van der Waals surface area contributed by atoms with Gasteiger partial charge in [-0.25, -0.2) is 14.8 Å². The van der Waals surface area contributed by atoms with Crippen molar-refractivity contribution < 1.29 is 29.0 Å². The van der Waals surface area contributed by atoms with Crippen molar-refractivity contribution >= 4 is 28.8 Å². The number of unbranched alkanes of at least 4 members (excludes halogenated alkanes) is 2. The van der Waals surface area contributed by atoms with Crippen LogP contribution < -0.4 is 10.1 Å². The molecule has 4 fully saturated rings. The van der Waals surface area contributed by atoms with Gasteiger partial charge in [-0.1, -0.05) is 40.5 Å². The van der Waals surface area contributed by atoms with Crippen molar-refractivity contribution in [1.29, 1.82) is 0 Å². The predicted octanol–water partition coefficient (Wildman–Crippen LogP) is 5.44. The molecule has 3 aliphatic carbocycles. The largest absolute Gasteiger partial charge is 0.497 e. The first-order chi connectivity index (χ1) is 20.9. The Kier molecular flexibility index (Phi) is 9.37. The van der Waals surface area contributed by atoms with Gasteiger partial charge in [0, 0.05) is 12.6 Å². The standard InChI is InChI=1S/C34H48N4O6/c1-19-14-15-38(28(19)20(2)39)32(41)30(34(3,4)5)37-33(42)44-29-22-16-21(17-22)24(29)10-8-7-9-11-26-31(40)36-27-18-23(43-6)12-13-25(27)35-26/h12-13,18-19,21-22,24,28-30H,7-11,14-17H2,1-6H3,(H,36,40)(H,37,42)/t19-,21-,22+,24-,28+,29?,30-/m1/s1. The first-order valence-corrected chi connectivity index (χ1v) is 16.2. The van der Waals surface area contributed by atoms with Crippen LogP contribution in [0.2, 0.25) is 0 Å². The molecule has 2 bridgehead atoms. The third kappa shape index (κ3) is 6.64. The molecule has 10 nitrogen and oxygen atoms in total. The van der Waals surface area contributed by atoms with Crippen molar-refractivity contribution in [3.05, 3.63) is 23.9 Å². The van der Waals surface area contributed by atoms with Crippen LogP contribution in [-0.2, 0) is 20.7 Å². The molecule has 1 aromatic heterocycles. The zero-order valence-electron chi connectivity index (χ0n) is 27.0. The van der Waals surface area contributed by atoms with Crippen LogP contribution in [0.3, 0.4) is 0 Å². The number of aryl methyl sites for hydroxylation is 1. The molecule has 3 saturated carbocycles. The van der Waals surface area contributed by atoms with E-state index in [1.165, 1.54) is 6.92 Å². The van der Waals surface area contributed by atoms with E-state index in [1.54, 1.807) is 18.1 Å². The number of nitrogens with zero attached hydrogens (tertiary/aromatic N) is 3. The van der Waals surface area contributed by atoms with Gasteiger partial charge in [0.25, 0.3) is 0 Å². The normalized spacial score (nSPS) is 26.7. The highest BCUT2D eigenvalue weighted by Crippen LogP contribution is 2.55. The number of rotatable bonds is 11. The topological polar surface area (TPSA) is 131 Å². The third-order valence-electron chi connectivity index (χ3n) is 10.1. The minimum Gasteiger partial charge on any atom is -0.497 e. The first kappa shape index (κ1) is 32.0. The number of carbonyl (C=O) groups excluding carboxylic acids is 3. The van der Waals surface area contributed by atoms with E-state index in [9.17, 15) is 19.5 Å². The number of fused-ring (bicyclic) bond motifs is 2. The Morgan fingerprint density at radius 1 is 1.09 bits per heavy atom. The molecule has 2 aromatic rings. The Hall–Kier alpha value is -3.43. The molecular weight excluding hydrogens is 560 g/mol. The number of hydrogen-bond acceptors (Lipinski definition) is 8. The van der Waals surface area contributed by atoms with Crippen LogP contribution in [0.4, 0.5) is 4.79 Å². The van der Waals surface area contributed by atoms with E-state index in [0.717, 1.165) is 50.5 Å². The summed E-state index contributed by atoms with van der Waals surface area (Å²) < 4.78 is 11.3. The maximum atomic E-state index is 13.7. The van der Waals surface area contributed by atoms with Crippen LogP contribution in [0.15, 0.2) is 18.2 Å². The highest BCUT2D eigenvalue weighted by Gasteiger charge is 2.54. The van der Waals surface area contributed by atoms with Gasteiger partial charge in [0.15, 0.2) is 5.78 Å². The van der Waals surface area contributed by atoms with Gasteiger partial charge in [0.05, 0.1) is 24.2 Å². The number of Topliss-reactive ketones (excluding diaryl/α,β-unsaturated/α-hetero) is 1. The molecule has 6 rings (SSSR count). The third-order valence-corrected chi connectivity index (χ3v) is 10.1. The van der Waals surface area contributed by atoms with Gasteiger partial charge >= 0.3 is 6.09 Å². The lowest BCUT2D eigenvalue weighted by atomic mass is 9.81. The molecule has 10 heteroatoms.